The summed E-state index contributed by atoms with van der Waals surface area (Å²) >= 11 is 12.7. The lowest BCUT2D eigenvalue weighted by atomic mass is 10.1. The van der Waals surface area contributed by atoms with Crippen molar-refractivity contribution in [1.29, 1.82) is 0 Å². The number of hydrogen-bond acceptors (Lipinski definition) is 6. The van der Waals surface area contributed by atoms with Crippen LogP contribution < -0.4 is 10.6 Å². The van der Waals surface area contributed by atoms with Crippen LogP contribution in [0.15, 0.2) is 83.7 Å². The highest BCUT2D eigenvalue weighted by Gasteiger charge is 2.21. The van der Waals surface area contributed by atoms with Gasteiger partial charge >= 0.3 is 0 Å². The number of aromatic nitrogens is 4. The number of carbonyl (C=O) groups excluding carboxylic acids is 2. The number of benzene rings is 2. The first-order chi connectivity index (χ1) is 18.4. The van der Waals surface area contributed by atoms with E-state index in [1.807, 2.05) is 6.07 Å². The highest BCUT2D eigenvalue weighted by molar-refractivity contribution is 6.38. The zero-order chi connectivity index (χ0) is 26.6. The van der Waals surface area contributed by atoms with E-state index in [9.17, 15) is 14.0 Å². The van der Waals surface area contributed by atoms with Crippen molar-refractivity contribution in [2.75, 3.05) is 5.32 Å². The Balaban J connectivity index is 1.46. The fourth-order valence-corrected chi connectivity index (χ4v) is 4.14. The molecule has 5 aromatic rings. The van der Waals surface area contributed by atoms with Crippen molar-refractivity contribution >= 4 is 40.8 Å². The Morgan fingerprint density at radius 2 is 1.79 bits per heavy atom. The van der Waals surface area contributed by atoms with Crippen LogP contribution in [0.1, 0.15) is 26.7 Å². The number of carbonyl (C=O) groups is 2. The number of rotatable bonds is 7. The molecule has 0 saturated heterocycles. The number of hydrogen-bond donors (Lipinski definition) is 2. The average Bonchev–Trinajstić information content (AvgIpc) is 3.59. The molecule has 0 bridgehead atoms. The normalized spacial score (nSPS) is 10.8. The van der Waals surface area contributed by atoms with Gasteiger partial charge in [-0.2, -0.15) is 5.10 Å². The van der Waals surface area contributed by atoms with Gasteiger partial charge in [-0.05, 0) is 36.4 Å². The lowest BCUT2D eigenvalue weighted by molar-refractivity contribution is 0.0941. The first-order valence-corrected chi connectivity index (χ1v) is 11.9. The van der Waals surface area contributed by atoms with E-state index in [1.54, 1.807) is 24.3 Å². The van der Waals surface area contributed by atoms with E-state index in [4.69, 9.17) is 27.6 Å². The van der Waals surface area contributed by atoms with Gasteiger partial charge in [0.1, 0.15) is 17.9 Å². The number of para-hydroxylation sites is 1. The van der Waals surface area contributed by atoms with Gasteiger partial charge in [0.15, 0.2) is 5.69 Å². The molecule has 5 rings (SSSR count). The summed E-state index contributed by atoms with van der Waals surface area (Å²) in [6.07, 6.45) is 3.92. The molecule has 0 aliphatic rings. The number of halogens is 3. The van der Waals surface area contributed by atoms with Gasteiger partial charge in [-0.1, -0.05) is 41.4 Å². The van der Waals surface area contributed by atoms with Crippen LogP contribution in [0, 0.1) is 5.82 Å². The highest BCUT2D eigenvalue weighted by atomic mass is 35.5. The predicted molar refractivity (Wildman–Crippen MR) is 139 cm³/mol. The van der Waals surface area contributed by atoms with Gasteiger partial charge in [0.2, 0.25) is 5.89 Å². The molecule has 0 aliphatic heterocycles. The molecule has 2 amide bonds. The SMILES string of the molecule is O=C(NCc1ncco1)c1cc(NC(=O)c2cc(-c3ccc(F)cn3)c(Cl)cc2Cl)n(-c2ccccc2)n1. The van der Waals surface area contributed by atoms with Crippen molar-refractivity contribution < 1.29 is 18.4 Å². The van der Waals surface area contributed by atoms with Crippen LogP contribution in [-0.4, -0.2) is 31.6 Å². The molecule has 0 fully saturated rings. The topological polar surface area (TPSA) is 115 Å². The average molecular weight is 551 g/mol. The van der Waals surface area contributed by atoms with E-state index in [-0.39, 0.29) is 33.7 Å². The van der Waals surface area contributed by atoms with Crippen LogP contribution in [0.4, 0.5) is 10.2 Å². The second-order valence-electron chi connectivity index (χ2n) is 7.90. The van der Waals surface area contributed by atoms with E-state index >= 15 is 0 Å². The van der Waals surface area contributed by atoms with Gasteiger partial charge in [0.05, 0.1) is 45.9 Å². The summed E-state index contributed by atoms with van der Waals surface area (Å²) in [6, 6.07) is 15.9. The molecule has 0 unspecified atom stereocenters. The first kappa shape index (κ1) is 25.1. The summed E-state index contributed by atoms with van der Waals surface area (Å²) in [4.78, 5) is 34.1. The lowest BCUT2D eigenvalue weighted by Gasteiger charge is -2.12. The standard InChI is InChI=1S/C26H17Cl2FN6O3/c27-19-11-20(28)18(10-17(19)21-7-6-15(29)13-31-21)25(36)33-23-12-22(26(37)32-14-24-30-8-9-38-24)34-35(23)16-4-2-1-3-5-16/h1-13H,14H2,(H,32,37)(H,33,36). The van der Waals surface area contributed by atoms with E-state index < -0.39 is 17.6 Å². The van der Waals surface area contributed by atoms with E-state index in [2.05, 4.69) is 25.7 Å². The zero-order valence-corrected chi connectivity index (χ0v) is 20.9. The second kappa shape index (κ2) is 10.8. The Labute approximate surface area is 225 Å². The predicted octanol–water partition coefficient (Wildman–Crippen LogP) is 5.55. The monoisotopic (exact) mass is 550 g/mol. The van der Waals surface area contributed by atoms with E-state index in [1.165, 1.54) is 47.5 Å². The third-order valence-electron chi connectivity index (χ3n) is 5.37. The molecule has 2 aromatic carbocycles. The van der Waals surface area contributed by atoms with Gasteiger partial charge in [0.25, 0.3) is 11.8 Å². The Morgan fingerprint density at radius 1 is 0.974 bits per heavy atom. The van der Waals surface area contributed by atoms with Gasteiger partial charge in [-0.3, -0.25) is 14.6 Å². The maximum absolute atomic E-state index is 13.3. The summed E-state index contributed by atoms with van der Waals surface area (Å²) in [6.45, 7) is 0.0618. The number of anilines is 1. The van der Waals surface area contributed by atoms with Crippen molar-refractivity contribution in [3.8, 4) is 16.9 Å². The highest BCUT2D eigenvalue weighted by Crippen LogP contribution is 2.32. The van der Waals surface area contributed by atoms with Crippen molar-refractivity contribution in [2.24, 2.45) is 0 Å². The molecule has 190 valence electrons. The smallest absolute Gasteiger partial charge is 0.272 e. The summed E-state index contributed by atoms with van der Waals surface area (Å²) in [5, 5.41) is 10.1. The van der Waals surface area contributed by atoms with Crippen LogP contribution >= 0.6 is 23.2 Å². The number of oxazole rings is 1. The number of pyridine rings is 1. The van der Waals surface area contributed by atoms with Crippen LogP contribution in [0.5, 0.6) is 0 Å². The lowest BCUT2D eigenvalue weighted by Crippen LogP contribution is -2.23. The third-order valence-corrected chi connectivity index (χ3v) is 6.00. The molecule has 3 aromatic heterocycles. The fraction of sp³-hybridized carbons (Fsp3) is 0.0385. The minimum Gasteiger partial charge on any atom is -0.447 e. The van der Waals surface area contributed by atoms with E-state index in [0.717, 1.165) is 6.20 Å². The minimum absolute atomic E-state index is 0.0501. The molecule has 3 heterocycles. The molecule has 0 atom stereocenters. The minimum atomic E-state index is -0.584. The summed E-state index contributed by atoms with van der Waals surface area (Å²) in [5.41, 5.74) is 1.50. The summed E-state index contributed by atoms with van der Waals surface area (Å²) in [5.74, 6) is -1.04. The van der Waals surface area contributed by atoms with E-state index in [0.29, 0.717) is 22.8 Å². The Morgan fingerprint density at radius 3 is 2.50 bits per heavy atom. The number of nitrogens with one attached hydrogen (secondary N) is 2. The van der Waals surface area contributed by atoms with Crippen LogP contribution in [-0.2, 0) is 6.54 Å². The third kappa shape index (κ3) is 5.41. The molecule has 9 nitrogen and oxygen atoms in total. The largest absolute Gasteiger partial charge is 0.447 e. The number of amides is 2. The summed E-state index contributed by atoms with van der Waals surface area (Å²) < 4.78 is 19.9. The molecule has 0 spiro atoms. The number of nitrogens with zero attached hydrogens (tertiary/aromatic N) is 4. The van der Waals surface area contributed by atoms with Crippen molar-refractivity contribution in [1.82, 2.24) is 25.1 Å². The Hall–Kier alpha value is -4.54. The molecular formula is C26H17Cl2FN6O3. The van der Waals surface area contributed by atoms with Crippen molar-refractivity contribution in [3.63, 3.8) is 0 Å². The van der Waals surface area contributed by atoms with Crippen LogP contribution in [0.25, 0.3) is 16.9 Å². The first-order valence-electron chi connectivity index (χ1n) is 11.1. The molecule has 0 radical (unpaired) electrons. The maximum Gasteiger partial charge on any atom is 0.272 e. The molecule has 38 heavy (non-hydrogen) atoms. The van der Waals surface area contributed by atoms with Gasteiger partial charge < -0.3 is 15.1 Å². The maximum atomic E-state index is 13.3. The van der Waals surface area contributed by atoms with Crippen LogP contribution in [0.2, 0.25) is 10.0 Å². The molecule has 2 N–H and O–H groups in total. The van der Waals surface area contributed by atoms with Gasteiger partial charge in [0, 0.05) is 11.6 Å². The summed E-state index contributed by atoms with van der Waals surface area (Å²) in [7, 11) is 0. The fourth-order valence-electron chi connectivity index (χ4n) is 3.57. The van der Waals surface area contributed by atoms with Crippen LogP contribution in [0.3, 0.4) is 0 Å². The Kier molecular flexibility index (Phi) is 7.16. The molecule has 12 heteroatoms. The quantitative estimate of drug-likeness (QED) is 0.274. The zero-order valence-electron chi connectivity index (χ0n) is 19.4. The molecule has 0 saturated carbocycles. The van der Waals surface area contributed by atoms with Gasteiger partial charge in [-0.15, -0.1) is 0 Å². The van der Waals surface area contributed by atoms with Gasteiger partial charge in [-0.25, -0.2) is 14.1 Å². The Bertz CT molecular complexity index is 1610. The molecule has 0 aliphatic carbocycles. The van der Waals surface area contributed by atoms with Crippen molar-refractivity contribution in [3.05, 3.63) is 112 Å². The second-order valence-corrected chi connectivity index (χ2v) is 8.71. The molecular weight excluding hydrogens is 534 g/mol. The van der Waals surface area contributed by atoms with Crippen molar-refractivity contribution in [2.45, 2.75) is 6.54 Å².